The van der Waals surface area contributed by atoms with Crippen LogP contribution in [0.15, 0.2) is 17.2 Å². The molecule has 0 bridgehead atoms. The van der Waals surface area contributed by atoms with Gasteiger partial charge in [-0.3, -0.25) is 4.79 Å². The van der Waals surface area contributed by atoms with Crippen LogP contribution in [-0.4, -0.2) is 21.7 Å². The lowest BCUT2D eigenvalue weighted by Crippen LogP contribution is -2.13. The van der Waals surface area contributed by atoms with Crippen LogP contribution in [0.2, 0.25) is 5.02 Å². The van der Waals surface area contributed by atoms with Crippen LogP contribution in [0.1, 0.15) is 16.8 Å². The number of aryl methyl sites for hydroxylation is 1. The zero-order valence-electron chi connectivity index (χ0n) is 9.86. The van der Waals surface area contributed by atoms with Crippen LogP contribution in [0.5, 0.6) is 0 Å². The van der Waals surface area contributed by atoms with Gasteiger partial charge < -0.3 is 5.32 Å². The first-order chi connectivity index (χ1) is 8.70. The summed E-state index contributed by atoms with van der Waals surface area (Å²) in [6, 6.07) is 0. The number of nitrogens with one attached hydrogen (secondary N) is 2. The van der Waals surface area contributed by atoms with Gasteiger partial charge in [-0.15, -0.1) is 11.3 Å². The molecule has 2 rings (SSSR count). The highest BCUT2D eigenvalue weighted by molar-refractivity contribution is 7.11. The lowest BCUT2D eigenvalue weighted by Gasteiger charge is -2.05. The molecule has 0 unspecified atom stereocenters. The van der Waals surface area contributed by atoms with Gasteiger partial charge in [-0.2, -0.15) is 5.10 Å². The molecule has 0 aromatic carbocycles. The summed E-state index contributed by atoms with van der Waals surface area (Å²) in [6.07, 6.45) is 5.22. The largest absolute Gasteiger partial charge is 0.382 e. The molecule has 0 saturated carbocycles. The van der Waals surface area contributed by atoms with Gasteiger partial charge in [0.2, 0.25) is 0 Å². The van der Waals surface area contributed by atoms with E-state index >= 15 is 0 Å². The first kappa shape index (κ1) is 13.0. The topological polar surface area (TPSA) is 70.7 Å². The minimum Gasteiger partial charge on any atom is -0.382 e. The molecule has 0 spiro atoms. The van der Waals surface area contributed by atoms with Crippen molar-refractivity contribution in [1.82, 2.24) is 15.2 Å². The Kier molecular flexibility index (Phi) is 4.33. The molecule has 0 radical (unpaired) electrons. The first-order valence-electron chi connectivity index (χ1n) is 5.61. The second kappa shape index (κ2) is 5.97. The summed E-state index contributed by atoms with van der Waals surface area (Å²) in [5.74, 6) is 0. The Morgan fingerprint density at radius 2 is 2.33 bits per heavy atom. The number of halogens is 1. The number of H-pyrrole nitrogens is 1. The van der Waals surface area contributed by atoms with Gasteiger partial charge in [0.25, 0.3) is 5.56 Å². The smallest absolute Gasteiger partial charge is 0.285 e. The van der Waals surface area contributed by atoms with E-state index in [0.717, 1.165) is 17.8 Å². The van der Waals surface area contributed by atoms with E-state index in [9.17, 15) is 4.79 Å². The Labute approximate surface area is 113 Å². The maximum Gasteiger partial charge on any atom is 0.285 e. The van der Waals surface area contributed by atoms with E-state index in [2.05, 4.69) is 27.4 Å². The van der Waals surface area contributed by atoms with E-state index in [-0.39, 0.29) is 10.6 Å². The fraction of sp³-hybridized carbons (Fsp3) is 0.364. The average Bonchev–Trinajstić information content (AvgIpc) is 2.82. The molecule has 0 aliphatic heterocycles. The lowest BCUT2D eigenvalue weighted by atomic mass is 10.4. The van der Waals surface area contributed by atoms with Gasteiger partial charge in [0.15, 0.2) is 0 Å². The molecule has 2 N–H and O–H groups in total. The number of hydrogen-bond acceptors (Lipinski definition) is 5. The standard InChI is InChI=1S/C11H13ClN4OS/c1-2-7-5-14-9(18-7)3-4-13-8-6-15-16-11(17)10(8)12/h5-6H,2-4H2,1H3,(H2,13,16,17). The number of hydrogen-bond donors (Lipinski definition) is 2. The van der Waals surface area contributed by atoms with E-state index in [1.165, 1.54) is 11.1 Å². The van der Waals surface area contributed by atoms with E-state index in [1.807, 2.05) is 6.20 Å². The summed E-state index contributed by atoms with van der Waals surface area (Å²) >= 11 is 7.55. The van der Waals surface area contributed by atoms with Gasteiger partial charge in [0.05, 0.1) is 16.9 Å². The number of aromatic amines is 1. The second-order valence-corrected chi connectivity index (χ2v) is 5.26. The molecule has 2 aromatic heterocycles. The van der Waals surface area contributed by atoms with E-state index in [4.69, 9.17) is 11.6 Å². The van der Waals surface area contributed by atoms with Crippen molar-refractivity contribution in [2.24, 2.45) is 0 Å². The predicted octanol–water partition coefficient (Wildman–Crippen LogP) is 2.10. The van der Waals surface area contributed by atoms with Gasteiger partial charge in [0, 0.05) is 24.0 Å². The van der Waals surface area contributed by atoms with Gasteiger partial charge >= 0.3 is 0 Å². The van der Waals surface area contributed by atoms with Crippen LogP contribution in [0, 0.1) is 0 Å². The summed E-state index contributed by atoms with van der Waals surface area (Å²) < 4.78 is 0. The van der Waals surface area contributed by atoms with Crippen LogP contribution in [0.25, 0.3) is 0 Å². The molecule has 5 nitrogen and oxygen atoms in total. The molecular weight excluding hydrogens is 272 g/mol. The van der Waals surface area contributed by atoms with Crippen molar-refractivity contribution in [1.29, 1.82) is 0 Å². The normalized spacial score (nSPS) is 10.6. The Balaban J connectivity index is 1.92. The second-order valence-electron chi connectivity index (χ2n) is 3.68. The van der Waals surface area contributed by atoms with E-state index < -0.39 is 0 Å². The quantitative estimate of drug-likeness (QED) is 0.882. The molecule has 0 aliphatic carbocycles. The Morgan fingerprint density at radius 1 is 1.50 bits per heavy atom. The minimum absolute atomic E-state index is 0.137. The third kappa shape index (κ3) is 3.08. The molecule has 0 aliphatic rings. The average molecular weight is 285 g/mol. The van der Waals surface area contributed by atoms with Crippen molar-refractivity contribution in [3.63, 3.8) is 0 Å². The number of rotatable bonds is 5. The number of aromatic nitrogens is 3. The van der Waals surface area contributed by atoms with Crippen LogP contribution >= 0.6 is 22.9 Å². The molecule has 0 amide bonds. The molecule has 0 fully saturated rings. The van der Waals surface area contributed by atoms with Crippen LogP contribution in [0.4, 0.5) is 5.69 Å². The molecule has 0 saturated heterocycles. The molecule has 0 atom stereocenters. The van der Waals surface area contributed by atoms with Gasteiger partial charge in [-0.25, -0.2) is 10.1 Å². The first-order valence-corrected chi connectivity index (χ1v) is 6.80. The minimum atomic E-state index is -0.385. The third-order valence-corrected chi connectivity index (χ3v) is 3.98. The summed E-state index contributed by atoms with van der Waals surface area (Å²) in [6.45, 7) is 2.78. The Morgan fingerprint density at radius 3 is 3.06 bits per heavy atom. The highest BCUT2D eigenvalue weighted by Gasteiger charge is 2.05. The monoisotopic (exact) mass is 284 g/mol. The number of thiazole rings is 1. The molecule has 7 heteroatoms. The van der Waals surface area contributed by atoms with Crippen molar-refractivity contribution in [3.05, 3.63) is 37.7 Å². The lowest BCUT2D eigenvalue weighted by molar-refractivity contribution is 0.962. The molecular formula is C11H13ClN4OS. The van der Waals surface area contributed by atoms with Crippen LogP contribution in [0.3, 0.4) is 0 Å². The van der Waals surface area contributed by atoms with Crippen molar-refractivity contribution in [2.75, 3.05) is 11.9 Å². The number of anilines is 1. The fourth-order valence-electron chi connectivity index (χ4n) is 1.44. The zero-order chi connectivity index (χ0) is 13.0. The summed E-state index contributed by atoms with van der Waals surface area (Å²) in [4.78, 5) is 16.8. The summed E-state index contributed by atoms with van der Waals surface area (Å²) in [5, 5.41) is 10.3. The molecule has 2 aromatic rings. The van der Waals surface area contributed by atoms with Crippen molar-refractivity contribution >= 4 is 28.6 Å². The highest BCUT2D eigenvalue weighted by atomic mass is 35.5. The van der Waals surface area contributed by atoms with Crippen LogP contribution in [-0.2, 0) is 12.8 Å². The highest BCUT2D eigenvalue weighted by Crippen LogP contribution is 2.16. The summed E-state index contributed by atoms with van der Waals surface area (Å²) in [7, 11) is 0. The molecule has 18 heavy (non-hydrogen) atoms. The van der Waals surface area contributed by atoms with Gasteiger partial charge in [0.1, 0.15) is 5.02 Å². The fourth-order valence-corrected chi connectivity index (χ4v) is 2.46. The van der Waals surface area contributed by atoms with Crippen LogP contribution < -0.4 is 10.9 Å². The molecule has 2 heterocycles. The summed E-state index contributed by atoms with van der Waals surface area (Å²) in [5.41, 5.74) is 0.164. The third-order valence-electron chi connectivity index (χ3n) is 2.40. The zero-order valence-corrected chi connectivity index (χ0v) is 11.4. The SMILES string of the molecule is CCc1cnc(CCNc2cn[nH]c(=O)c2Cl)s1. The number of nitrogens with zero attached hydrogens (tertiary/aromatic N) is 2. The Hall–Kier alpha value is -1.40. The van der Waals surface area contributed by atoms with E-state index in [0.29, 0.717) is 12.2 Å². The maximum atomic E-state index is 11.2. The van der Waals surface area contributed by atoms with Crippen molar-refractivity contribution in [3.8, 4) is 0 Å². The van der Waals surface area contributed by atoms with E-state index in [1.54, 1.807) is 11.3 Å². The predicted molar refractivity (Wildman–Crippen MR) is 73.6 cm³/mol. The maximum absolute atomic E-state index is 11.2. The van der Waals surface area contributed by atoms with Crippen molar-refractivity contribution < 1.29 is 0 Å². The van der Waals surface area contributed by atoms with Gasteiger partial charge in [-0.1, -0.05) is 18.5 Å². The Bertz CT molecular complexity index is 580. The van der Waals surface area contributed by atoms with Gasteiger partial charge in [-0.05, 0) is 6.42 Å². The molecule has 96 valence electrons. The van der Waals surface area contributed by atoms with Crippen molar-refractivity contribution in [2.45, 2.75) is 19.8 Å².